The van der Waals surface area contributed by atoms with E-state index >= 15 is 0 Å². The SMILES string of the molecule is Cc1ccc(N2CCN(CCOCc3cc(CCc4ccc(N5CCN(CCCOCc6cc(C)on6)CC5)cc4)on3)CC2)cc1. The number of nitrogens with zero attached hydrogens (tertiary/aromatic N) is 6. The summed E-state index contributed by atoms with van der Waals surface area (Å²) < 4.78 is 22.4. The standard InChI is InChI=1S/C37H50N6O4/c1-30-4-9-35(10-5-30)42-21-17-41(18-22-42)23-25-45-29-34-27-37(47-39-34)13-8-32-6-11-36(12-7-32)43-19-15-40(16-20-43)14-3-24-44-28-33-26-31(2)46-38-33/h4-7,9-12,26-27H,3,8,13-25,28-29H2,1-2H3. The predicted octanol–water partition coefficient (Wildman–Crippen LogP) is 5.13. The van der Waals surface area contributed by atoms with Crippen molar-refractivity contribution in [3.63, 3.8) is 0 Å². The van der Waals surface area contributed by atoms with Crippen LogP contribution in [0.2, 0.25) is 0 Å². The fraction of sp³-hybridized carbons (Fsp3) is 0.514. The Hall–Kier alpha value is -3.70. The van der Waals surface area contributed by atoms with Gasteiger partial charge in [-0.05, 0) is 56.5 Å². The lowest BCUT2D eigenvalue weighted by Gasteiger charge is -2.36. The normalized spacial score (nSPS) is 16.3. The first-order chi connectivity index (χ1) is 23.1. The topological polar surface area (TPSA) is 83.5 Å². The molecule has 0 aliphatic carbocycles. The first-order valence-corrected chi connectivity index (χ1v) is 17.2. The quantitative estimate of drug-likeness (QED) is 0.153. The molecule has 47 heavy (non-hydrogen) atoms. The van der Waals surface area contributed by atoms with E-state index < -0.39 is 0 Å². The monoisotopic (exact) mass is 642 g/mol. The minimum atomic E-state index is 0.492. The Kier molecular flexibility index (Phi) is 12.0. The van der Waals surface area contributed by atoms with Gasteiger partial charge in [-0.2, -0.15) is 0 Å². The van der Waals surface area contributed by atoms with Gasteiger partial charge in [0.1, 0.15) is 22.9 Å². The molecule has 2 aliphatic rings. The van der Waals surface area contributed by atoms with E-state index in [1.54, 1.807) is 0 Å². The highest BCUT2D eigenvalue weighted by Crippen LogP contribution is 2.20. The smallest absolute Gasteiger partial charge is 0.137 e. The molecule has 252 valence electrons. The van der Waals surface area contributed by atoms with Crippen molar-refractivity contribution in [3.05, 3.63) is 94.7 Å². The van der Waals surface area contributed by atoms with E-state index in [2.05, 4.69) is 85.4 Å². The van der Waals surface area contributed by atoms with Crippen molar-refractivity contribution in [2.45, 2.75) is 46.3 Å². The summed E-state index contributed by atoms with van der Waals surface area (Å²) in [6, 6.07) is 21.8. The lowest BCUT2D eigenvalue weighted by atomic mass is 10.1. The van der Waals surface area contributed by atoms with Crippen LogP contribution in [0.5, 0.6) is 0 Å². The van der Waals surface area contributed by atoms with Gasteiger partial charge in [-0.1, -0.05) is 40.1 Å². The number of piperazine rings is 2. The van der Waals surface area contributed by atoms with E-state index in [4.69, 9.17) is 18.5 Å². The Labute approximate surface area is 279 Å². The van der Waals surface area contributed by atoms with E-state index in [1.807, 2.05) is 19.1 Å². The highest BCUT2D eigenvalue weighted by molar-refractivity contribution is 5.49. The van der Waals surface area contributed by atoms with Gasteiger partial charge in [-0.15, -0.1) is 0 Å². The number of aromatic nitrogens is 2. The number of hydrogen-bond donors (Lipinski definition) is 0. The average Bonchev–Trinajstić information content (AvgIpc) is 3.75. The molecule has 0 unspecified atom stereocenters. The molecule has 0 radical (unpaired) electrons. The van der Waals surface area contributed by atoms with Gasteiger partial charge in [-0.3, -0.25) is 9.80 Å². The van der Waals surface area contributed by atoms with Crippen LogP contribution in [0.4, 0.5) is 11.4 Å². The summed E-state index contributed by atoms with van der Waals surface area (Å²) in [5, 5.41) is 8.21. The van der Waals surface area contributed by atoms with Gasteiger partial charge in [0.05, 0.1) is 19.8 Å². The number of hydrogen-bond acceptors (Lipinski definition) is 10. The second-order valence-corrected chi connectivity index (χ2v) is 12.8. The molecule has 2 aromatic heterocycles. The number of benzene rings is 2. The van der Waals surface area contributed by atoms with E-state index in [0.29, 0.717) is 19.8 Å². The molecule has 0 N–H and O–H groups in total. The molecular weight excluding hydrogens is 592 g/mol. The summed E-state index contributed by atoms with van der Waals surface area (Å²) in [6.07, 6.45) is 2.79. The zero-order valence-electron chi connectivity index (χ0n) is 28.1. The van der Waals surface area contributed by atoms with Crippen molar-refractivity contribution in [2.24, 2.45) is 0 Å². The second kappa shape index (κ2) is 16.9. The Morgan fingerprint density at radius 1 is 0.617 bits per heavy atom. The van der Waals surface area contributed by atoms with Crippen LogP contribution in [0, 0.1) is 13.8 Å². The highest BCUT2D eigenvalue weighted by atomic mass is 16.5. The molecule has 0 atom stereocenters. The summed E-state index contributed by atoms with van der Waals surface area (Å²) >= 11 is 0. The van der Waals surface area contributed by atoms with E-state index in [-0.39, 0.29) is 0 Å². The fourth-order valence-electron chi connectivity index (χ4n) is 6.32. The van der Waals surface area contributed by atoms with Crippen LogP contribution in [0.1, 0.15) is 40.5 Å². The molecule has 2 aliphatic heterocycles. The third kappa shape index (κ3) is 10.1. The largest absolute Gasteiger partial charge is 0.375 e. The number of aryl methyl sites for hydroxylation is 4. The summed E-state index contributed by atoms with van der Waals surface area (Å²) in [4.78, 5) is 9.96. The molecular formula is C37H50N6O4. The summed E-state index contributed by atoms with van der Waals surface area (Å²) in [6.45, 7) is 17.0. The number of anilines is 2. The molecule has 2 fully saturated rings. The molecule has 2 saturated heterocycles. The van der Waals surface area contributed by atoms with Crippen molar-refractivity contribution in [1.82, 2.24) is 20.1 Å². The van der Waals surface area contributed by atoms with Crippen molar-refractivity contribution < 1.29 is 18.5 Å². The Bertz CT molecular complexity index is 1470. The molecule has 0 bridgehead atoms. The Balaban J connectivity index is 0.815. The average molecular weight is 643 g/mol. The predicted molar refractivity (Wildman–Crippen MR) is 184 cm³/mol. The molecule has 6 rings (SSSR count). The molecule has 0 amide bonds. The molecule has 0 saturated carbocycles. The minimum absolute atomic E-state index is 0.492. The van der Waals surface area contributed by atoms with Gasteiger partial charge in [-0.25, -0.2) is 0 Å². The maximum atomic E-state index is 5.95. The van der Waals surface area contributed by atoms with Gasteiger partial charge in [0, 0.05) is 102 Å². The van der Waals surface area contributed by atoms with Crippen molar-refractivity contribution >= 4 is 11.4 Å². The van der Waals surface area contributed by atoms with E-state index in [1.165, 1.54) is 22.5 Å². The van der Waals surface area contributed by atoms with Crippen molar-refractivity contribution in [1.29, 1.82) is 0 Å². The third-order valence-corrected chi connectivity index (χ3v) is 9.20. The Morgan fingerprint density at radius 2 is 1.19 bits per heavy atom. The first kappa shape index (κ1) is 33.2. The molecule has 0 spiro atoms. The highest BCUT2D eigenvalue weighted by Gasteiger charge is 2.18. The number of rotatable bonds is 16. The zero-order valence-corrected chi connectivity index (χ0v) is 28.1. The minimum Gasteiger partial charge on any atom is -0.375 e. The van der Waals surface area contributed by atoms with E-state index in [9.17, 15) is 0 Å². The van der Waals surface area contributed by atoms with Crippen molar-refractivity contribution in [2.75, 3.05) is 88.5 Å². The van der Waals surface area contributed by atoms with Gasteiger partial charge in [0.2, 0.25) is 0 Å². The molecule has 2 aromatic carbocycles. The molecule has 4 heterocycles. The zero-order chi connectivity index (χ0) is 32.3. The van der Waals surface area contributed by atoms with Crippen LogP contribution >= 0.6 is 0 Å². The van der Waals surface area contributed by atoms with Gasteiger partial charge in [0.25, 0.3) is 0 Å². The fourth-order valence-corrected chi connectivity index (χ4v) is 6.32. The number of ether oxygens (including phenoxy) is 2. The second-order valence-electron chi connectivity index (χ2n) is 12.8. The maximum absolute atomic E-state index is 5.95. The van der Waals surface area contributed by atoms with Crippen LogP contribution in [0.15, 0.2) is 69.7 Å². The van der Waals surface area contributed by atoms with E-state index in [0.717, 1.165) is 114 Å². The van der Waals surface area contributed by atoms with Gasteiger partial charge in [0.15, 0.2) is 0 Å². The summed E-state index contributed by atoms with van der Waals surface area (Å²) in [5.41, 5.74) is 6.96. The molecule has 10 heteroatoms. The third-order valence-electron chi connectivity index (χ3n) is 9.20. The van der Waals surface area contributed by atoms with Crippen LogP contribution in [0.3, 0.4) is 0 Å². The maximum Gasteiger partial charge on any atom is 0.137 e. The van der Waals surface area contributed by atoms with Crippen LogP contribution < -0.4 is 9.80 Å². The lowest BCUT2D eigenvalue weighted by Crippen LogP contribution is -2.47. The Morgan fingerprint density at radius 3 is 1.83 bits per heavy atom. The van der Waals surface area contributed by atoms with Crippen LogP contribution in [-0.2, 0) is 35.5 Å². The molecule has 4 aromatic rings. The lowest BCUT2D eigenvalue weighted by molar-refractivity contribution is 0.0871. The van der Waals surface area contributed by atoms with Gasteiger partial charge >= 0.3 is 0 Å². The summed E-state index contributed by atoms with van der Waals surface area (Å²) in [5.74, 6) is 1.73. The van der Waals surface area contributed by atoms with Gasteiger partial charge < -0.3 is 28.3 Å². The van der Waals surface area contributed by atoms with Crippen LogP contribution in [0.25, 0.3) is 0 Å². The summed E-state index contributed by atoms with van der Waals surface area (Å²) in [7, 11) is 0. The van der Waals surface area contributed by atoms with Crippen LogP contribution in [-0.4, -0.2) is 98.8 Å². The molecule has 10 nitrogen and oxygen atoms in total. The first-order valence-electron chi connectivity index (χ1n) is 17.2. The van der Waals surface area contributed by atoms with Crippen molar-refractivity contribution in [3.8, 4) is 0 Å².